The number of anilines is 2. The van der Waals surface area contributed by atoms with E-state index in [0.717, 1.165) is 35.4 Å². The predicted molar refractivity (Wildman–Crippen MR) is 108 cm³/mol. The average molecular weight is 434 g/mol. The largest absolute Gasteiger partial charge is 0.324 e. The fourth-order valence-electron chi connectivity index (χ4n) is 3.10. The van der Waals surface area contributed by atoms with E-state index < -0.39 is 0 Å². The Hall–Kier alpha value is -1.68. The number of likely N-dealkylation sites (N-methyl/N-ethyl adjacent to an activating group) is 1. The van der Waals surface area contributed by atoms with Gasteiger partial charge in [0.25, 0.3) is 0 Å². The number of piperazine rings is 1. The first kappa shape index (κ1) is 17.7. The maximum Gasteiger partial charge on any atom is 0.232 e. The molecule has 0 bridgehead atoms. The van der Waals surface area contributed by atoms with Gasteiger partial charge in [-0.15, -0.1) is 0 Å². The van der Waals surface area contributed by atoms with E-state index in [0.29, 0.717) is 17.1 Å². The molecule has 2 aromatic heterocycles. The molecular formula is C17H20BrN7S. The minimum Gasteiger partial charge on any atom is -0.324 e. The van der Waals surface area contributed by atoms with Crippen LogP contribution in [0.5, 0.6) is 0 Å². The topological polar surface area (TPSA) is 70.4 Å². The number of fused-ring (bicyclic) bond motifs is 1. The maximum atomic E-state index is 4.55. The Morgan fingerprint density at radius 1 is 1.27 bits per heavy atom. The molecule has 1 fully saturated rings. The zero-order valence-corrected chi connectivity index (χ0v) is 17.0. The van der Waals surface area contributed by atoms with Crippen LogP contribution in [0.4, 0.5) is 11.6 Å². The summed E-state index contributed by atoms with van der Waals surface area (Å²) in [6.07, 6.45) is 3.69. The quantitative estimate of drug-likeness (QED) is 0.612. The molecule has 0 amide bonds. The van der Waals surface area contributed by atoms with Crippen LogP contribution in [-0.4, -0.2) is 57.4 Å². The molecule has 2 N–H and O–H groups in total. The van der Waals surface area contributed by atoms with Gasteiger partial charge in [0.15, 0.2) is 10.8 Å². The predicted octanol–water partition coefficient (Wildman–Crippen LogP) is 2.93. The lowest BCUT2D eigenvalue weighted by Gasteiger charge is -2.33. The summed E-state index contributed by atoms with van der Waals surface area (Å²) in [5.41, 5.74) is 3.03. The maximum absolute atomic E-state index is 4.55. The number of nitrogens with zero attached hydrogens (tertiary/aromatic N) is 5. The summed E-state index contributed by atoms with van der Waals surface area (Å²) in [4.78, 5) is 11.4. The Morgan fingerprint density at radius 3 is 2.81 bits per heavy atom. The van der Waals surface area contributed by atoms with Crippen molar-refractivity contribution < 1.29 is 0 Å². The van der Waals surface area contributed by atoms with Crippen LogP contribution in [0.15, 0.2) is 40.1 Å². The molecule has 1 aromatic carbocycles. The molecule has 4 rings (SSSR count). The molecule has 0 aliphatic carbocycles. The normalized spacial score (nSPS) is 18.3. The van der Waals surface area contributed by atoms with Crippen LogP contribution in [0.3, 0.4) is 0 Å². The summed E-state index contributed by atoms with van der Waals surface area (Å²) >= 11 is 4.99. The summed E-state index contributed by atoms with van der Waals surface area (Å²) in [7, 11) is 2.18. The fraction of sp³-hybridized carbons (Fsp3) is 0.353. The van der Waals surface area contributed by atoms with Gasteiger partial charge in [-0.25, -0.2) is 4.98 Å². The number of nitrogens with one attached hydrogen (secondary N) is 2. The standard InChI is InChI=1S/C17H20BrN7S/c1-24-8-7-19-10-14(24)11-3-5-12(6-4-11)21-16-23-17(26-2)22-15-13(18)9-20-25(15)16/h3-6,9,14,19H,7-8,10H2,1-2H3,(H,21,22,23). The molecule has 1 saturated heterocycles. The molecule has 9 heteroatoms. The number of aromatic nitrogens is 4. The molecular weight excluding hydrogens is 414 g/mol. The Bertz CT molecular complexity index is 911. The Balaban J connectivity index is 1.60. The fourth-order valence-corrected chi connectivity index (χ4v) is 3.80. The second-order valence-corrected chi connectivity index (χ2v) is 7.84. The molecule has 136 valence electrons. The molecule has 26 heavy (non-hydrogen) atoms. The van der Waals surface area contributed by atoms with Gasteiger partial charge in [-0.05, 0) is 46.9 Å². The van der Waals surface area contributed by atoms with Crippen LogP contribution < -0.4 is 10.6 Å². The van der Waals surface area contributed by atoms with Crippen molar-refractivity contribution >= 4 is 45.0 Å². The van der Waals surface area contributed by atoms with Crippen molar-refractivity contribution in [2.45, 2.75) is 11.2 Å². The van der Waals surface area contributed by atoms with E-state index in [4.69, 9.17) is 0 Å². The highest BCUT2D eigenvalue weighted by atomic mass is 79.9. The Labute approximate surface area is 164 Å². The molecule has 3 aromatic rings. The molecule has 1 unspecified atom stereocenters. The Morgan fingerprint density at radius 2 is 2.08 bits per heavy atom. The molecule has 3 heterocycles. The van der Waals surface area contributed by atoms with Gasteiger partial charge < -0.3 is 10.6 Å². The van der Waals surface area contributed by atoms with Gasteiger partial charge in [0.2, 0.25) is 5.95 Å². The zero-order chi connectivity index (χ0) is 18.1. The van der Waals surface area contributed by atoms with E-state index in [1.54, 1.807) is 10.7 Å². The third-order valence-corrected chi connectivity index (χ3v) is 5.66. The van der Waals surface area contributed by atoms with Crippen LogP contribution in [0.2, 0.25) is 0 Å². The second-order valence-electron chi connectivity index (χ2n) is 6.21. The van der Waals surface area contributed by atoms with Gasteiger partial charge in [0.05, 0.1) is 10.7 Å². The van der Waals surface area contributed by atoms with E-state index in [9.17, 15) is 0 Å². The number of thioether (sulfide) groups is 1. The van der Waals surface area contributed by atoms with Crippen molar-refractivity contribution in [2.75, 3.05) is 38.3 Å². The first-order chi connectivity index (χ1) is 12.7. The van der Waals surface area contributed by atoms with Crippen LogP contribution in [0.25, 0.3) is 5.65 Å². The summed E-state index contributed by atoms with van der Waals surface area (Å²) in [6, 6.07) is 8.92. The van der Waals surface area contributed by atoms with Crippen LogP contribution >= 0.6 is 27.7 Å². The summed E-state index contributed by atoms with van der Waals surface area (Å²) in [5, 5.41) is 11.9. The van der Waals surface area contributed by atoms with E-state index in [-0.39, 0.29) is 0 Å². The number of rotatable bonds is 4. The number of benzene rings is 1. The zero-order valence-electron chi connectivity index (χ0n) is 14.6. The summed E-state index contributed by atoms with van der Waals surface area (Å²) < 4.78 is 2.55. The highest BCUT2D eigenvalue weighted by molar-refractivity contribution is 9.10. The van der Waals surface area contributed by atoms with Crippen molar-refractivity contribution in [3.63, 3.8) is 0 Å². The highest BCUT2D eigenvalue weighted by Crippen LogP contribution is 2.25. The third kappa shape index (κ3) is 3.44. The molecule has 1 aliphatic heterocycles. The van der Waals surface area contributed by atoms with Crippen molar-refractivity contribution in [3.05, 3.63) is 40.5 Å². The minimum absolute atomic E-state index is 0.411. The molecule has 1 aliphatic rings. The second kappa shape index (κ2) is 7.51. The van der Waals surface area contributed by atoms with Crippen LogP contribution in [0, 0.1) is 0 Å². The van der Waals surface area contributed by atoms with E-state index in [2.05, 4.69) is 77.8 Å². The molecule has 1 atom stereocenters. The summed E-state index contributed by atoms with van der Waals surface area (Å²) in [5.74, 6) is 0.647. The van der Waals surface area contributed by atoms with Gasteiger partial charge in [-0.2, -0.15) is 14.6 Å². The van der Waals surface area contributed by atoms with Gasteiger partial charge in [0, 0.05) is 31.4 Å². The smallest absolute Gasteiger partial charge is 0.232 e. The number of hydrogen-bond acceptors (Lipinski definition) is 7. The van der Waals surface area contributed by atoms with Crippen LogP contribution in [0.1, 0.15) is 11.6 Å². The van der Waals surface area contributed by atoms with E-state index >= 15 is 0 Å². The molecule has 0 saturated carbocycles. The lowest BCUT2D eigenvalue weighted by molar-refractivity contribution is 0.202. The van der Waals surface area contributed by atoms with Gasteiger partial charge in [-0.3, -0.25) is 4.90 Å². The van der Waals surface area contributed by atoms with E-state index in [1.807, 2.05) is 6.26 Å². The van der Waals surface area contributed by atoms with Crippen molar-refractivity contribution in [1.29, 1.82) is 0 Å². The SMILES string of the molecule is CSc1nc(Nc2ccc(C3CNCCN3C)cc2)n2ncc(Br)c2n1. The minimum atomic E-state index is 0.411. The first-order valence-electron chi connectivity index (χ1n) is 8.39. The number of halogens is 1. The summed E-state index contributed by atoms with van der Waals surface area (Å²) in [6.45, 7) is 3.09. The van der Waals surface area contributed by atoms with Gasteiger partial charge >= 0.3 is 0 Å². The molecule has 0 radical (unpaired) electrons. The van der Waals surface area contributed by atoms with Crippen molar-refractivity contribution in [3.8, 4) is 0 Å². The van der Waals surface area contributed by atoms with E-state index in [1.165, 1.54) is 17.3 Å². The highest BCUT2D eigenvalue weighted by Gasteiger charge is 2.20. The van der Waals surface area contributed by atoms with Gasteiger partial charge in [-0.1, -0.05) is 23.9 Å². The monoisotopic (exact) mass is 433 g/mol. The van der Waals surface area contributed by atoms with Crippen molar-refractivity contribution in [1.82, 2.24) is 29.8 Å². The Kier molecular flexibility index (Phi) is 5.12. The lowest BCUT2D eigenvalue weighted by atomic mass is 10.0. The first-order valence-corrected chi connectivity index (χ1v) is 10.4. The van der Waals surface area contributed by atoms with Crippen molar-refractivity contribution in [2.24, 2.45) is 0 Å². The average Bonchev–Trinajstić information content (AvgIpc) is 3.04. The van der Waals surface area contributed by atoms with Crippen LogP contribution in [-0.2, 0) is 0 Å². The molecule has 7 nitrogen and oxygen atoms in total. The lowest BCUT2D eigenvalue weighted by Crippen LogP contribution is -2.43. The number of hydrogen-bond donors (Lipinski definition) is 2. The van der Waals surface area contributed by atoms with Gasteiger partial charge in [0.1, 0.15) is 0 Å². The molecule has 0 spiro atoms. The third-order valence-electron chi connectivity index (χ3n) is 4.55.